The smallest absolute Gasteiger partial charge is 0.317 e. The minimum atomic E-state index is -0.870. The lowest BCUT2D eigenvalue weighted by molar-refractivity contribution is -0.135. The second kappa shape index (κ2) is 5.16. The molecule has 0 radical (unpaired) electrons. The summed E-state index contributed by atoms with van der Waals surface area (Å²) >= 11 is 0. The first-order valence-electron chi connectivity index (χ1n) is 3.06. The first-order chi connectivity index (χ1) is 4.63. The molecule has 6 N–H and O–H groups in total. The predicted octanol–water partition coefficient (Wildman–Crippen LogP) is -1.71. The summed E-state index contributed by atoms with van der Waals surface area (Å²) in [5, 5.41) is 10.8. The van der Waals surface area contributed by atoms with Crippen LogP contribution in [-0.4, -0.2) is 30.3 Å². The minimum absolute atomic E-state index is 0.0350. The maximum Gasteiger partial charge on any atom is 0.317 e. The molecular weight excluding hydrogens is 134 g/mol. The molecule has 0 aliphatic heterocycles. The van der Waals surface area contributed by atoms with Crippen LogP contribution in [0.15, 0.2) is 0 Å². The third kappa shape index (κ3) is 7.35. The van der Waals surface area contributed by atoms with Crippen LogP contribution < -0.4 is 16.8 Å². The molecule has 0 heterocycles. The number of carboxylic acid groups (broad SMARTS) is 1. The summed E-state index contributed by atoms with van der Waals surface area (Å²) < 4.78 is 0. The molecule has 0 aliphatic carbocycles. The van der Waals surface area contributed by atoms with Gasteiger partial charge in [0, 0.05) is 0 Å². The summed E-state index contributed by atoms with van der Waals surface area (Å²) in [7, 11) is 0. The molecule has 0 aromatic heterocycles. The highest BCUT2D eigenvalue weighted by Gasteiger charge is 1.96. The SMILES string of the molecule is NC(N)CCNCC(=O)O. The van der Waals surface area contributed by atoms with Gasteiger partial charge in [-0.25, -0.2) is 0 Å². The van der Waals surface area contributed by atoms with Crippen molar-refractivity contribution in [2.45, 2.75) is 12.6 Å². The fourth-order valence-electron chi connectivity index (χ4n) is 0.464. The van der Waals surface area contributed by atoms with E-state index in [1.165, 1.54) is 0 Å². The maximum atomic E-state index is 9.92. The van der Waals surface area contributed by atoms with Gasteiger partial charge in [0.1, 0.15) is 0 Å². The van der Waals surface area contributed by atoms with Crippen LogP contribution in [0.2, 0.25) is 0 Å². The molecule has 0 bridgehead atoms. The van der Waals surface area contributed by atoms with Crippen LogP contribution in [0, 0.1) is 0 Å². The van der Waals surface area contributed by atoms with E-state index in [1.807, 2.05) is 0 Å². The van der Waals surface area contributed by atoms with E-state index in [4.69, 9.17) is 16.6 Å². The van der Waals surface area contributed by atoms with Crippen LogP contribution in [0.1, 0.15) is 6.42 Å². The molecule has 0 unspecified atom stereocenters. The molecule has 0 saturated heterocycles. The van der Waals surface area contributed by atoms with Crippen molar-refractivity contribution in [2.75, 3.05) is 13.1 Å². The molecule has 0 amide bonds. The summed E-state index contributed by atoms with van der Waals surface area (Å²) in [6.07, 6.45) is 0.231. The lowest BCUT2D eigenvalue weighted by Gasteiger charge is -2.03. The zero-order valence-corrected chi connectivity index (χ0v) is 5.71. The van der Waals surface area contributed by atoms with Crippen LogP contribution in [0.3, 0.4) is 0 Å². The third-order valence-electron chi connectivity index (χ3n) is 0.931. The lowest BCUT2D eigenvalue weighted by Crippen LogP contribution is -2.35. The Morgan fingerprint density at radius 1 is 1.60 bits per heavy atom. The van der Waals surface area contributed by atoms with Crippen molar-refractivity contribution >= 4 is 5.97 Å². The van der Waals surface area contributed by atoms with E-state index < -0.39 is 5.97 Å². The number of hydrogen-bond acceptors (Lipinski definition) is 4. The van der Waals surface area contributed by atoms with E-state index in [-0.39, 0.29) is 12.7 Å². The molecule has 0 spiro atoms. The van der Waals surface area contributed by atoms with Gasteiger partial charge in [0.25, 0.3) is 0 Å². The standard InChI is InChI=1S/C5H13N3O2/c6-4(7)1-2-8-3-5(9)10/h4,8H,1-3,6-7H2,(H,9,10). The summed E-state index contributed by atoms with van der Waals surface area (Å²) in [5.41, 5.74) is 10.4. The molecule has 5 nitrogen and oxygen atoms in total. The zero-order valence-electron chi connectivity index (χ0n) is 5.71. The van der Waals surface area contributed by atoms with Gasteiger partial charge in [-0.1, -0.05) is 0 Å². The Balaban J connectivity index is 2.98. The van der Waals surface area contributed by atoms with Crippen molar-refractivity contribution < 1.29 is 9.90 Å². The Kier molecular flexibility index (Phi) is 4.82. The van der Waals surface area contributed by atoms with Gasteiger partial charge >= 0.3 is 5.97 Å². The van der Waals surface area contributed by atoms with Crippen LogP contribution in [0.4, 0.5) is 0 Å². The van der Waals surface area contributed by atoms with Gasteiger partial charge in [-0.15, -0.1) is 0 Å². The van der Waals surface area contributed by atoms with Crippen molar-refractivity contribution in [3.63, 3.8) is 0 Å². The Hall–Kier alpha value is -0.650. The average Bonchev–Trinajstić information content (AvgIpc) is 1.79. The van der Waals surface area contributed by atoms with E-state index in [1.54, 1.807) is 0 Å². The summed E-state index contributed by atoms with van der Waals surface area (Å²) in [4.78, 5) is 9.92. The Morgan fingerprint density at radius 2 is 2.20 bits per heavy atom. The Labute approximate surface area is 59.4 Å². The number of aliphatic carboxylic acids is 1. The van der Waals surface area contributed by atoms with Crippen LogP contribution in [0.5, 0.6) is 0 Å². The first kappa shape index (κ1) is 9.35. The second-order valence-electron chi connectivity index (χ2n) is 2.02. The normalized spacial score (nSPS) is 10.3. The number of hydrogen-bond donors (Lipinski definition) is 4. The Bertz CT molecular complexity index is 105. The van der Waals surface area contributed by atoms with Gasteiger partial charge in [0.15, 0.2) is 0 Å². The van der Waals surface area contributed by atoms with Crippen molar-refractivity contribution in [2.24, 2.45) is 11.5 Å². The molecule has 0 aromatic carbocycles. The molecular formula is C5H13N3O2. The van der Waals surface area contributed by atoms with Gasteiger partial charge in [0.2, 0.25) is 0 Å². The zero-order chi connectivity index (χ0) is 7.98. The van der Waals surface area contributed by atoms with Gasteiger partial charge in [-0.3, -0.25) is 4.79 Å². The van der Waals surface area contributed by atoms with Gasteiger partial charge in [0.05, 0.1) is 12.7 Å². The first-order valence-corrected chi connectivity index (χ1v) is 3.06. The van der Waals surface area contributed by atoms with Gasteiger partial charge in [-0.2, -0.15) is 0 Å². The van der Waals surface area contributed by atoms with Crippen molar-refractivity contribution in [1.29, 1.82) is 0 Å². The summed E-state index contributed by atoms with van der Waals surface area (Å²) in [5.74, 6) is -0.870. The molecule has 5 heteroatoms. The number of nitrogens with one attached hydrogen (secondary N) is 1. The third-order valence-corrected chi connectivity index (χ3v) is 0.931. The molecule has 0 aliphatic rings. The molecule has 0 saturated carbocycles. The van der Waals surface area contributed by atoms with Crippen LogP contribution in [-0.2, 0) is 4.79 Å². The van der Waals surface area contributed by atoms with E-state index >= 15 is 0 Å². The van der Waals surface area contributed by atoms with Gasteiger partial charge in [-0.05, 0) is 13.0 Å². The fourth-order valence-corrected chi connectivity index (χ4v) is 0.464. The number of rotatable bonds is 5. The maximum absolute atomic E-state index is 9.92. The highest BCUT2D eigenvalue weighted by atomic mass is 16.4. The highest BCUT2D eigenvalue weighted by molar-refractivity contribution is 5.68. The van der Waals surface area contributed by atoms with Crippen LogP contribution >= 0.6 is 0 Å². The molecule has 0 aromatic rings. The van der Waals surface area contributed by atoms with E-state index in [2.05, 4.69) is 5.32 Å². The van der Waals surface area contributed by atoms with Gasteiger partial charge < -0.3 is 21.9 Å². The number of nitrogens with two attached hydrogens (primary N) is 2. The predicted molar refractivity (Wildman–Crippen MR) is 37.3 cm³/mol. The molecule has 60 valence electrons. The van der Waals surface area contributed by atoms with Crippen molar-refractivity contribution in [3.05, 3.63) is 0 Å². The average molecular weight is 147 g/mol. The van der Waals surface area contributed by atoms with Crippen LogP contribution in [0.25, 0.3) is 0 Å². The quantitative estimate of drug-likeness (QED) is 0.274. The topological polar surface area (TPSA) is 101 Å². The van der Waals surface area contributed by atoms with E-state index in [9.17, 15) is 4.79 Å². The summed E-state index contributed by atoms with van der Waals surface area (Å²) in [6, 6.07) is 0. The minimum Gasteiger partial charge on any atom is -0.480 e. The molecule has 10 heavy (non-hydrogen) atoms. The molecule has 0 fully saturated rings. The van der Waals surface area contributed by atoms with E-state index in [0.29, 0.717) is 13.0 Å². The second-order valence-corrected chi connectivity index (χ2v) is 2.02. The molecule has 0 rings (SSSR count). The number of carboxylic acids is 1. The molecule has 0 atom stereocenters. The summed E-state index contributed by atoms with van der Waals surface area (Å²) in [6.45, 7) is 0.511. The monoisotopic (exact) mass is 147 g/mol. The Morgan fingerprint density at radius 3 is 2.60 bits per heavy atom. The van der Waals surface area contributed by atoms with E-state index in [0.717, 1.165) is 0 Å². The lowest BCUT2D eigenvalue weighted by atomic mass is 10.3. The highest BCUT2D eigenvalue weighted by Crippen LogP contribution is 1.74. The fraction of sp³-hybridized carbons (Fsp3) is 0.800. The number of carbonyl (C=O) groups is 1. The van der Waals surface area contributed by atoms with Crippen molar-refractivity contribution in [1.82, 2.24) is 5.32 Å². The van der Waals surface area contributed by atoms with Crippen molar-refractivity contribution in [3.8, 4) is 0 Å². The largest absolute Gasteiger partial charge is 0.480 e.